The SMILES string of the molecule is Cc1nn(C)c(C)c1-c1nc2c(C#N)cccc2n1C. The number of para-hydroxylation sites is 1. The number of hydrogen-bond acceptors (Lipinski definition) is 3. The lowest BCUT2D eigenvalue weighted by Crippen LogP contribution is -1.96. The Morgan fingerprint density at radius 2 is 1.95 bits per heavy atom. The van der Waals surface area contributed by atoms with Gasteiger partial charge in [0.05, 0.1) is 22.3 Å². The molecule has 0 fully saturated rings. The molecule has 20 heavy (non-hydrogen) atoms. The van der Waals surface area contributed by atoms with Crippen LogP contribution in [-0.4, -0.2) is 19.3 Å². The molecule has 0 amide bonds. The van der Waals surface area contributed by atoms with Crippen LogP contribution in [0, 0.1) is 25.2 Å². The van der Waals surface area contributed by atoms with Gasteiger partial charge >= 0.3 is 0 Å². The average Bonchev–Trinajstić information content (AvgIpc) is 2.88. The van der Waals surface area contributed by atoms with Gasteiger partial charge in [0, 0.05) is 19.8 Å². The summed E-state index contributed by atoms with van der Waals surface area (Å²) >= 11 is 0. The minimum Gasteiger partial charge on any atom is -0.327 e. The standard InChI is InChI=1S/C15H15N5/c1-9-13(10(2)20(4)18-9)15-17-14-11(8-16)6-5-7-12(14)19(15)3/h5-7H,1-4H3. The van der Waals surface area contributed by atoms with E-state index < -0.39 is 0 Å². The van der Waals surface area contributed by atoms with E-state index in [0.717, 1.165) is 33.8 Å². The van der Waals surface area contributed by atoms with Crippen molar-refractivity contribution in [3.8, 4) is 17.5 Å². The molecule has 3 aromatic rings. The first kappa shape index (κ1) is 12.4. The summed E-state index contributed by atoms with van der Waals surface area (Å²) in [5.74, 6) is 0.853. The Hall–Kier alpha value is -2.61. The molecule has 0 aliphatic rings. The Kier molecular flexibility index (Phi) is 2.61. The van der Waals surface area contributed by atoms with E-state index in [1.807, 2.05) is 49.3 Å². The Labute approximate surface area is 117 Å². The molecule has 0 spiro atoms. The van der Waals surface area contributed by atoms with Crippen LogP contribution in [0.25, 0.3) is 22.4 Å². The third-order valence-corrected chi connectivity index (χ3v) is 3.76. The highest BCUT2D eigenvalue weighted by Crippen LogP contribution is 2.29. The zero-order valence-electron chi connectivity index (χ0n) is 12.0. The highest BCUT2D eigenvalue weighted by atomic mass is 15.3. The number of hydrogen-bond donors (Lipinski definition) is 0. The number of fused-ring (bicyclic) bond motifs is 1. The summed E-state index contributed by atoms with van der Waals surface area (Å²) in [6.07, 6.45) is 0. The molecule has 0 bridgehead atoms. The van der Waals surface area contributed by atoms with E-state index in [-0.39, 0.29) is 0 Å². The van der Waals surface area contributed by atoms with Gasteiger partial charge in [-0.25, -0.2) is 4.98 Å². The fourth-order valence-corrected chi connectivity index (χ4v) is 2.63. The summed E-state index contributed by atoms with van der Waals surface area (Å²) < 4.78 is 3.88. The van der Waals surface area contributed by atoms with Crippen LogP contribution < -0.4 is 0 Å². The molecule has 2 aromatic heterocycles. The molecule has 0 aliphatic carbocycles. The minimum atomic E-state index is 0.601. The van der Waals surface area contributed by atoms with Gasteiger partial charge in [-0.05, 0) is 26.0 Å². The predicted molar refractivity (Wildman–Crippen MR) is 77.1 cm³/mol. The number of benzene rings is 1. The van der Waals surface area contributed by atoms with Crippen LogP contribution in [-0.2, 0) is 14.1 Å². The van der Waals surface area contributed by atoms with E-state index in [1.165, 1.54) is 0 Å². The van der Waals surface area contributed by atoms with Gasteiger partial charge < -0.3 is 4.57 Å². The molecule has 0 saturated heterocycles. The van der Waals surface area contributed by atoms with Crippen LogP contribution >= 0.6 is 0 Å². The van der Waals surface area contributed by atoms with Gasteiger partial charge in [0.25, 0.3) is 0 Å². The second-order valence-corrected chi connectivity index (χ2v) is 4.95. The van der Waals surface area contributed by atoms with Crippen LogP contribution in [0.5, 0.6) is 0 Å². The minimum absolute atomic E-state index is 0.601. The molecule has 2 heterocycles. The van der Waals surface area contributed by atoms with Crippen molar-refractivity contribution in [3.05, 3.63) is 35.2 Å². The van der Waals surface area contributed by atoms with Crippen molar-refractivity contribution in [2.24, 2.45) is 14.1 Å². The van der Waals surface area contributed by atoms with Gasteiger partial charge in [-0.3, -0.25) is 4.68 Å². The summed E-state index contributed by atoms with van der Waals surface area (Å²) in [5.41, 5.74) is 5.36. The van der Waals surface area contributed by atoms with Gasteiger partial charge in [-0.15, -0.1) is 0 Å². The van der Waals surface area contributed by atoms with E-state index in [2.05, 4.69) is 16.2 Å². The first-order valence-corrected chi connectivity index (χ1v) is 6.40. The summed E-state index contributed by atoms with van der Waals surface area (Å²) in [6, 6.07) is 7.86. The average molecular weight is 265 g/mol. The molecular weight excluding hydrogens is 250 g/mol. The first-order valence-electron chi connectivity index (χ1n) is 6.40. The topological polar surface area (TPSA) is 59.4 Å². The monoisotopic (exact) mass is 265 g/mol. The van der Waals surface area contributed by atoms with Crippen LogP contribution in [0.1, 0.15) is 17.0 Å². The van der Waals surface area contributed by atoms with Crippen LogP contribution in [0.3, 0.4) is 0 Å². The maximum atomic E-state index is 9.20. The number of aryl methyl sites for hydroxylation is 3. The Morgan fingerprint density at radius 1 is 1.20 bits per heavy atom. The van der Waals surface area contributed by atoms with Crippen molar-refractivity contribution in [1.29, 1.82) is 5.26 Å². The lowest BCUT2D eigenvalue weighted by Gasteiger charge is -2.02. The zero-order chi connectivity index (χ0) is 14.4. The number of rotatable bonds is 1. The molecule has 3 rings (SSSR count). The molecule has 0 unspecified atom stereocenters. The second-order valence-electron chi connectivity index (χ2n) is 4.95. The number of imidazole rings is 1. The number of nitriles is 1. The molecular formula is C15H15N5. The van der Waals surface area contributed by atoms with Crippen molar-refractivity contribution in [1.82, 2.24) is 19.3 Å². The molecule has 5 heteroatoms. The van der Waals surface area contributed by atoms with E-state index in [0.29, 0.717) is 5.56 Å². The van der Waals surface area contributed by atoms with Gasteiger partial charge in [0.1, 0.15) is 17.4 Å². The summed E-state index contributed by atoms with van der Waals surface area (Å²) in [5, 5.41) is 13.6. The largest absolute Gasteiger partial charge is 0.327 e. The van der Waals surface area contributed by atoms with E-state index in [1.54, 1.807) is 6.07 Å². The Bertz CT molecular complexity index is 861. The normalized spacial score (nSPS) is 10.9. The lowest BCUT2D eigenvalue weighted by molar-refractivity contribution is 0.731. The van der Waals surface area contributed by atoms with Gasteiger partial charge in [0.2, 0.25) is 0 Å². The molecule has 5 nitrogen and oxygen atoms in total. The van der Waals surface area contributed by atoms with Crippen molar-refractivity contribution in [3.63, 3.8) is 0 Å². The number of nitrogens with zero attached hydrogens (tertiary/aromatic N) is 5. The zero-order valence-corrected chi connectivity index (χ0v) is 12.0. The third kappa shape index (κ3) is 1.55. The summed E-state index contributed by atoms with van der Waals surface area (Å²) in [4.78, 5) is 4.68. The first-order chi connectivity index (χ1) is 9.54. The molecule has 0 saturated carbocycles. The number of aromatic nitrogens is 4. The molecule has 1 aromatic carbocycles. The Morgan fingerprint density at radius 3 is 2.55 bits per heavy atom. The molecule has 0 aliphatic heterocycles. The lowest BCUT2D eigenvalue weighted by atomic mass is 10.2. The highest BCUT2D eigenvalue weighted by molar-refractivity contribution is 5.86. The highest BCUT2D eigenvalue weighted by Gasteiger charge is 2.19. The molecule has 100 valence electrons. The fraction of sp³-hybridized carbons (Fsp3) is 0.267. The van der Waals surface area contributed by atoms with Crippen LogP contribution in [0.4, 0.5) is 0 Å². The summed E-state index contributed by atoms with van der Waals surface area (Å²) in [7, 11) is 3.90. The van der Waals surface area contributed by atoms with Crippen molar-refractivity contribution < 1.29 is 0 Å². The van der Waals surface area contributed by atoms with Crippen LogP contribution in [0.2, 0.25) is 0 Å². The maximum absolute atomic E-state index is 9.20. The maximum Gasteiger partial charge on any atom is 0.144 e. The molecule has 0 N–H and O–H groups in total. The van der Waals surface area contributed by atoms with E-state index in [9.17, 15) is 5.26 Å². The second kappa shape index (κ2) is 4.20. The smallest absolute Gasteiger partial charge is 0.144 e. The van der Waals surface area contributed by atoms with Gasteiger partial charge in [-0.2, -0.15) is 10.4 Å². The van der Waals surface area contributed by atoms with Crippen molar-refractivity contribution in [2.75, 3.05) is 0 Å². The van der Waals surface area contributed by atoms with Crippen molar-refractivity contribution in [2.45, 2.75) is 13.8 Å². The predicted octanol–water partition coefficient (Wildman–Crippen LogP) is 2.46. The van der Waals surface area contributed by atoms with E-state index >= 15 is 0 Å². The van der Waals surface area contributed by atoms with Crippen LogP contribution in [0.15, 0.2) is 18.2 Å². The molecule has 0 radical (unpaired) electrons. The molecule has 0 atom stereocenters. The third-order valence-electron chi connectivity index (χ3n) is 3.76. The Balaban J connectivity index is 2.39. The van der Waals surface area contributed by atoms with Gasteiger partial charge in [0.15, 0.2) is 0 Å². The van der Waals surface area contributed by atoms with Crippen molar-refractivity contribution >= 4 is 11.0 Å². The van der Waals surface area contributed by atoms with Gasteiger partial charge in [-0.1, -0.05) is 6.07 Å². The van der Waals surface area contributed by atoms with E-state index in [4.69, 9.17) is 0 Å². The quantitative estimate of drug-likeness (QED) is 0.679. The summed E-state index contributed by atoms with van der Waals surface area (Å²) in [6.45, 7) is 4.01. The fourth-order valence-electron chi connectivity index (χ4n) is 2.63.